The Kier molecular flexibility index (Phi) is 9.92. The molecule has 30 heavy (non-hydrogen) atoms. The Balaban J connectivity index is 2.06. The van der Waals surface area contributed by atoms with Crippen LogP contribution < -0.4 is 5.32 Å². The smallest absolute Gasteiger partial charge is 0.242 e. The summed E-state index contributed by atoms with van der Waals surface area (Å²) >= 11 is 5.10. The van der Waals surface area contributed by atoms with Crippen molar-refractivity contribution in [3.05, 3.63) is 64.1 Å². The molecule has 0 unspecified atom stereocenters. The van der Waals surface area contributed by atoms with Gasteiger partial charge in [0.15, 0.2) is 0 Å². The molecule has 0 aliphatic rings. The van der Waals surface area contributed by atoms with Crippen molar-refractivity contribution in [2.24, 2.45) is 0 Å². The predicted octanol–water partition coefficient (Wildman–Crippen LogP) is 5.57. The van der Waals surface area contributed by atoms with Crippen LogP contribution in [-0.2, 0) is 16.1 Å². The van der Waals surface area contributed by atoms with Gasteiger partial charge in [0.25, 0.3) is 0 Å². The van der Waals surface area contributed by atoms with Gasteiger partial charge in [-0.15, -0.1) is 11.8 Å². The van der Waals surface area contributed by atoms with Crippen molar-refractivity contribution in [3.63, 3.8) is 0 Å². The third kappa shape index (κ3) is 7.80. The second kappa shape index (κ2) is 12.2. The Morgan fingerprint density at radius 1 is 1.07 bits per heavy atom. The minimum absolute atomic E-state index is 0.00988. The molecule has 162 valence electrons. The number of hydrogen-bond donors (Lipinski definition) is 1. The van der Waals surface area contributed by atoms with Gasteiger partial charge in [0, 0.05) is 34.1 Å². The topological polar surface area (TPSA) is 49.4 Å². The molecule has 0 spiro atoms. The number of thioether (sulfide) groups is 1. The van der Waals surface area contributed by atoms with E-state index in [9.17, 15) is 9.59 Å². The maximum Gasteiger partial charge on any atom is 0.242 e. The largest absolute Gasteiger partial charge is 0.352 e. The molecular formula is C24H31BrN2O2S. The van der Waals surface area contributed by atoms with Crippen LogP contribution in [0, 0.1) is 6.92 Å². The fourth-order valence-corrected chi connectivity index (χ4v) is 3.97. The molecule has 0 saturated carbocycles. The zero-order valence-electron chi connectivity index (χ0n) is 18.2. The lowest BCUT2D eigenvalue weighted by Crippen LogP contribution is -2.49. The summed E-state index contributed by atoms with van der Waals surface area (Å²) in [7, 11) is 0. The molecule has 0 saturated heterocycles. The summed E-state index contributed by atoms with van der Waals surface area (Å²) in [5.41, 5.74) is 2.22. The number of hydrogen-bond acceptors (Lipinski definition) is 3. The van der Waals surface area contributed by atoms with Crippen molar-refractivity contribution < 1.29 is 9.59 Å². The molecule has 2 amide bonds. The summed E-state index contributed by atoms with van der Waals surface area (Å²) in [4.78, 5) is 28.6. The molecular weight excluding hydrogens is 460 g/mol. The first-order valence-corrected chi connectivity index (χ1v) is 12.1. The quantitative estimate of drug-likeness (QED) is 0.442. The van der Waals surface area contributed by atoms with Crippen LogP contribution in [0.5, 0.6) is 0 Å². The molecule has 0 heterocycles. The predicted molar refractivity (Wildman–Crippen MR) is 129 cm³/mol. The molecule has 2 atom stereocenters. The fraction of sp³-hybridized carbons (Fsp3) is 0.417. The monoisotopic (exact) mass is 490 g/mol. The van der Waals surface area contributed by atoms with Crippen molar-refractivity contribution >= 4 is 39.5 Å². The zero-order valence-corrected chi connectivity index (χ0v) is 20.6. The van der Waals surface area contributed by atoms with E-state index in [2.05, 4.69) is 52.4 Å². The van der Waals surface area contributed by atoms with E-state index in [-0.39, 0.29) is 17.9 Å². The van der Waals surface area contributed by atoms with E-state index in [0.29, 0.717) is 18.7 Å². The molecule has 0 radical (unpaired) electrons. The molecule has 0 bridgehead atoms. The number of rotatable bonds is 10. The van der Waals surface area contributed by atoms with E-state index >= 15 is 0 Å². The Hall–Kier alpha value is -1.79. The number of carbonyl (C=O) groups is 2. The van der Waals surface area contributed by atoms with Crippen molar-refractivity contribution in [1.29, 1.82) is 0 Å². The Bertz CT molecular complexity index is 824. The van der Waals surface area contributed by atoms with Gasteiger partial charge >= 0.3 is 0 Å². The average Bonchev–Trinajstić information content (AvgIpc) is 2.74. The standard InChI is InChI=1S/C24H31BrN2O2S/c1-5-18(3)26-24(29)19(4)27(16-20-8-10-21(25)11-9-20)23(28)14-15-30-22-12-6-17(2)7-13-22/h6-13,18-19H,5,14-16H2,1-4H3,(H,26,29)/t18-,19-/m1/s1. The van der Waals surface area contributed by atoms with E-state index in [0.717, 1.165) is 21.4 Å². The van der Waals surface area contributed by atoms with Gasteiger partial charge in [-0.2, -0.15) is 0 Å². The third-order valence-corrected chi connectivity index (χ3v) is 6.58. The Morgan fingerprint density at radius 2 is 1.70 bits per heavy atom. The van der Waals surface area contributed by atoms with Crippen LogP contribution in [-0.4, -0.2) is 34.6 Å². The summed E-state index contributed by atoms with van der Waals surface area (Å²) in [5, 5.41) is 3.00. The number of aryl methyl sites for hydroxylation is 1. The number of amides is 2. The molecule has 0 aliphatic carbocycles. The number of carbonyl (C=O) groups excluding carboxylic acids is 2. The summed E-state index contributed by atoms with van der Waals surface area (Å²) in [6.07, 6.45) is 1.24. The number of nitrogens with zero attached hydrogens (tertiary/aromatic N) is 1. The maximum atomic E-state index is 13.1. The van der Waals surface area contributed by atoms with Crippen LogP contribution in [0.25, 0.3) is 0 Å². The molecule has 2 rings (SSSR count). The lowest BCUT2D eigenvalue weighted by atomic mass is 10.1. The number of nitrogens with one attached hydrogen (secondary N) is 1. The lowest BCUT2D eigenvalue weighted by molar-refractivity contribution is -0.140. The van der Waals surface area contributed by atoms with Crippen molar-refractivity contribution in [3.8, 4) is 0 Å². The zero-order chi connectivity index (χ0) is 22.1. The molecule has 2 aromatic carbocycles. The van der Waals surface area contributed by atoms with Crippen LogP contribution in [0.2, 0.25) is 0 Å². The van der Waals surface area contributed by atoms with E-state index in [1.54, 1.807) is 16.7 Å². The molecule has 0 aromatic heterocycles. The highest BCUT2D eigenvalue weighted by Gasteiger charge is 2.26. The second-order valence-corrected chi connectivity index (χ2v) is 9.64. The van der Waals surface area contributed by atoms with E-state index in [1.165, 1.54) is 5.56 Å². The highest BCUT2D eigenvalue weighted by atomic mass is 79.9. The van der Waals surface area contributed by atoms with Crippen molar-refractivity contribution in [2.45, 2.75) is 64.1 Å². The second-order valence-electron chi connectivity index (χ2n) is 7.55. The van der Waals surface area contributed by atoms with Crippen LogP contribution in [0.15, 0.2) is 57.9 Å². The highest BCUT2D eigenvalue weighted by Crippen LogP contribution is 2.21. The molecule has 4 nitrogen and oxygen atoms in total. The van der Waals surface area contributed by atoms with Gasteiger partial charge < -0.3 is 10.2 Å². The lowest BCUT2D eigenvalue weighted by Gasteiger charge is -2.29. The molecule has 0 aliphatic heterocycles. The Labute approximate surface area is 192 Å². The summed E-state index contributed by atoms with van der Waals surface area (Å²) in [6, 6.07) is 15.7. The van der Waals surface area contributed by atoms with Gasteiger partial charge in [0.05, 0.1) is 0 Å². The molecule has 0 fully saturated rings. The van der Waals surface area contributed by atoms with Crippen LogP contribution in [0.4, 0.5) is 0 Å². The van der Waals surface area contributed by atoms with Gasteiger partial charge in [-0.25, -0.2) is 0 Å². The SMILES string of the molecule is CC[C@@H](C)NC(=O)[C@@H](C)N(Cc1ccc(Br)cc1)C(=O)CCSc1ccc(C)cc1. The first kappa shape index (κ1) is 24.5. The van der Waals surface area contributed by atoms with Crippen LogP contribution >= 0.6 is 27.7 Å². The van der Waals surface area contributed by atoms with Gasteiger partial charge in [-0.3, -0.25) is 9.59 Å². The first-order chi connectivity index (χ1) is 14.3. The summed E-state index contributed by atoms with van der Waals surface area (Å²) in [6.45, 7) is 8.29. The summed E-state index contributed by atoms with van der Waals surface area (Å²) in [5.74, 6) is 0.559. The van der Waals surface area contributed by atoms with Crippen molar-refractivity contribution in [2.75, 3.05) is 5.75 Å². The van der Waals surface area contributed by atoms with E-state index in [4.69, 9.17) is 0 Å². The number of benzene rings is 2. The normalized spacial score (nSPS) is 12.8. The minimum Gasteiger partial charge on any atom is -0.352 e. The minimum atomic E-state index is -0.528. The highest BCUT2D eigenvalue weighted by molar-refractivity contribution is 9.10. The van der Waals surface area contributed by atoms with Crippen molar-refractivity contribution in [1.82, 2.24) is 10.2 Å². The fourth-order valence-electron chi connectivity index (χ4n) is 2.87. The van der Waals surface area contributed by atoms with E-state index < -0.39 is 6.04 Å². The first-order valence-electron chi connectivity index (χ1n) is 10.3. The number of halogens is 1. The third-order valence-electron chi connectivity index (χ3n) is 5.04. The average molecular weight is 491 g/mol. The van der Waals surface area contributed by atoms with Crippen LogP contribution in [0.3, 0.4) is 0 Å². The molecule has 1 N–H and O–H groups in total. The molecule has 6 heteroatoms. The summed E-state index contributed by atoms with van der Waals surface area (Å²) < 4.78 is 0.987. The maximum absolute atomic E-state index is 13.1. The van der Waals surface area contributed by atoms with Gasteiger partial charge in [-0.05, 0) is 57.0 Å². The van der Waals surface area contributed by atoms with E-state index in [1.807, 2.05) is 45.0 Å². The van der Waals surface area contributed by atoms with Crippen LogP contribution in [0.1, 0.15) is 44.7 Å². The van der Waals surface area contributed by atoms with Gasteiger partial charge in [0.1, 0.15) is 6.04 Å². The Morgan fingerprint density at radius 3 is 2.30 bits per heavy atom. The van der Waals surface area contributed by atoms with Gasteiger partial charge in [0.2, 0.25) is 11.8 Å². The van der Waals surface area contributed by atoms with Gasteiger partial charge in [-0.1, -0.05) is 52.7 Å². The molecule has 2 aromatic rings.